The number of pyridine rings is 2. The van der Waals surface area contributed by atoms with Crippen LogP contribution < -0.4 is 4.90 Å². The van der Waals surface area contributed by atoms with Crippen molar-refractivity contribution in [1.29, 1.82) is 0 Å². The molecule has 2 aromatic heterocycles. The van der Waals surface area contributed by atoms with Gasteiger partial charge < -0.3 is 10.0 Å². The summed E-state index contributed by atoms with van der Waals surface area (Å²) in [5.74, 6) is -1.09. The van der Waals surface area contributed by atoms with Crippen molar-refractivity contribution in [1.82, 2.24) is 14.9 Å². The van der Waals surface area contributed by atoms with Gasteiger partial charge in [0, 0.05) is 49.9 Å². The van der Waals surface area contributed by atoms with Crippen molar-refractivity contribution in [3.63, 3.8) is 0 Å². The molecule has 0 aliphatic carbocycles. The van der Waals surface area contributed by atoms with Gasteiger partial charge >= 0.3 is 5.97 Å². The van der Waals surface area contributed by atoms with Gasteiger partial charge in [-0.25, -0.2) is 4.98 Å². The van der Waals surface area contributed by atoms with E-state index in [9.17, 15) is 19.5 Å². The van der Waals surface area contributed by atoms with Crippen LogP contribution in [-0.2, 0) is 11.3 Å². The summed E-state index contributed by atoms with van der Waals surface area (Å²) in [5.41, 5.74) is 2.75. The minimum Gasteiger partial charge on any atom is -0.481 e. The van der Waals surface area contributed by atoms with Crippen LogP contribution in [0.5, 0.6) is 0 Å². The number of aromatic nitrogens is 2. The smallest absolute Gasteiger partial charge is 0.305 e. The van der Waals surface area contributed by atoms with E-state index in [4.69, 9.17) is 0 Å². The zero-order valence-electron chi connectivity index (χ0n) is 20.3. The summed E-state index contributed by atoms with van der Waals surface area (Å²) in [5, 5.41) is 9.26. The van der Waals surface area contributed by atoms with Gasteiger partial charge in [0.1, 0.15) is 5.82 Å². The number of nitrogens with zero attached hydrogens (tertiary/aromatic N) is 4. The third-order valence-corrected chi connectivity index (χ3v) is 5.88. The van der Waals surface area contributed by atoms with Gasteiger partial charge in [-0.3, -0.25) is 24.3 Å². The number of anilines is 1. The summed E-state index contributed by atoms with van der Waals surface area (Å²) < 4.78 is 0. The molecule has 4 rings (SSSR count). The third-order valence-electron chi connectivity index (χ3n) is 5.88. The van der Waals surface area contributed by atoms with E-state index in [0.717, 1.165) is 5.56 Å². The maximum absolute atomic E-state index is 13.8. The average Bonchev–Trinajstić information content (AvgIpc) is 2.95. The Hall–Kier alpha value is -4.85. The van der Waals surface area contributed by atoms with Crippen molar-refractivity contribution in [2.75, 3.05) is 18.5 Å². The van der Waals surface area contributed by atoms with Gasteiger partial charge in [-0.15, -0.1) is 0 Å². The van der Waals surface area contributed by atoms with E-state index in [-0.39, 0.29) is 31.3 Å². The van der Waals surface area contributed by atoms with E-state index >= 15 is 0 Å². The molecule has 0 saturated heterocycles. The van der Waals surface area contributed by atoms with Gasteiger partial charge in [-0.05, 0) is 47.0 Å². The van der Waals surface area contributed by atoms with Crippen LogP contribution in [0.25, 0.3) is 11.1 Å². The molecule has 0 fully saturated rings. The normalized spacial score (nSPS) is 10.5. The minimum absolute atomic E-state index is 0.0282. The van der Waals surface area contributed by atoms with Crippen LogP contribution in [-0.4, -0.2) is 51.4 Å². The highest BCUT2D eigenvalue weighted by molar-refractivity contribution is 6.11. The molecule has 186 valence electrons. The summed E-state index contributed by atoms with van der Waals surface area (Å²) >= 11 is 0. The van der Waals surface area contributed by atoms with E-state index in [2.05, 4.69) is 9.97 Å². The molecule has 0 aliphatic rings. The molecule has 0 aliphatic heterocycles. The molecule has 2 aromatic carbocycles. The number of rotatable bonds is 9. The first kappa shape index (κ1) is 25.2. The fourth-order valence-electron chi connectivity index (χ4n) is 4.01. The predicted octanol–water partition coefficient (Wildman–Crippen LogP) is 4.54. The Kier molecular flexibility index (Phi) is 8.00. The first-order valence-electron chi connectivity index (χ1n) is 11.7. The van der Waals surface area contributed by atoms with Crippen LogP contribution in [0.15, 0.2) is 97.5 Å². The molecule has 2 heterocycles. The van der Waals surface area contributed by atoms with Crippen molar-refractivity contribution in [3.8, 4) is 11.1 Å². The molecule has 8 heteroatoms. The zero-order valence-corrected chi connectivity index (χ0v) is 20.3. The quantitative estimate of drug-likeness (QED) is 0.366. The lowest BCUT2D eigenvalue weighted by atomic mass is 9.94. The summed E-state index contributed by atoms with van der Waals surface area (Å²) in [4.78, 5) is 49.9. The maximum Gasteiger partial charge on any atom is 0.305 e. The molecule has 1 N–H and O–H groups in total. The zero-order chi connectivity index (χ0) is 26.2. The number of carbonyl (C=O) groups excluding carboxylic acids is 2. The Labute approximate surface area is 214 Å². The van der Waals surface area contributed by atoms with Crippen LogP contribution in [0.2, 0.25) is 0 Å². The molecule has 0 bridgehead atoms. The highest BCUT2D eigenvalue weighted by Gasteiger charge is 2.24. The van der Waals surface area contributed by atoms with Crippen LogP contribution in [0.1, 0.15) is 32.7 Å². The molecule has 0 spiro atoms. The van der Waals surface area contributed by atoms with Gasteiger partial charge in [0.05, 0.1) is 6.42 Å². The van der Waals surface area contributed by atoms with E-state index in [1.807, 2.05) is 12.1 Å². The number of benzene rings is 2. The Bertz CT molecular complexity index is 1390. The number of carbonyl (C=O) groups is 3. The number of carboxylic acids is 1. The average molecular weight is 495 g/mol. The number of carboxylic acid groups (broad SMARTS) is 1. The standard InChI is InChI=1S/C29H26N4O4/c1-32(26-14-6-7-17-31-26)28(36)24-12-4-2-10-22(24)23-11-3-5-13-25(23)29(37)33(18-15-27(34)35)20-21-9-8-16-30-19-21/h2-14,16-17,19H,15,18,20H2,1H3,(H,34,35). The summed E-state index contributed by atoms with van der Waals surface area (Å²) in [6.07, 6.45) is 4.71. The molecule has 0 radical (unpaired) electrons. The van der Waals surface area contributed by atoms with Crippen LogP contribution in [0, 0.1) is 0 Å². The van der Waals surface area contributed by atoms with E-state index in [1.54, 1.807) is 92.4 Å². The molecule has 37 heavy (non-hydrogen) atoms. The Morgan fingerprint density at radius 3 is 2.03 bits per heavy atom. The maximum atomic E-state index is 13.8. The fraction of sp³-hybridized carbons (Fsp3) is 0.138. The van der Waals surface area contributed by atoms with Gasteiger partial charge in [-0.1, -0.05) is 48.5 Å². The molecule has 8 nitrogen and oxygen atoms in total. The second-order valence-electron chi connectivity index (χ2n) is 8.37. The van der Waals surface area contributed by atoms with Crippen molar-refractivity contribution in [3.05, 3.63) is 114 Å². The molecule has 4 aromatic rings. The van der Waals surface area contributed by atoms with Crippen LogP contribution >= 0.6 is 0 Å². The minimum atomic E-state index is -0.995. The number of hydrogen-bond acceptors (Lipinski definition) is 5. The Morgan fingerprint density at radius 1 is 0.784 bits per heavy atom. The molecule has 0 saturated carbocycles. The lowest BCUT2D eigenvalue weighted by Gasteiger charge is -2.24. The van der Waals surface area contributed by atoms with Crippen molar-refractivity contribution < 1.29 is 19.5 Å². The van der Waals surface area contributed by atoms with E-state index in [0.29, 0.717) is 28.1 Å². The van der Waals surface area contributed by atoms with Crippen LogP contribution in [0.4, 0.5) is 5.82 Å². The van der Waals surface area contributed by atoms with Crippen molar-refractivity contribution in [2.24, 2.45) is 0 Å². The third kappa shape index (κ3) is 6.05. The van der Waals surface area contributed by atoms with Gasteiger partial charge in [0.25, 0.3) is 11.8 Å². The largest absolute Gasteiger partial charge is 0.481 e. The Balaban J connectivity index is 1.72. The molecule has 0 unspecified atom stereocenters. The SMILES string of the molecule is CN(C(=O)c1ccccc1-c1ccccc1C(=O)N(CCC(=O)O)Cc1cccnc1)c1ccccn1. The van der Waals surface area contributed by atoms with Gasteiger partial charge in [0.2, 0.25) is 0 Å². The van der Waals surface area contributed by atoms with Gasteiger partial charge in [-0.2, -0.15) is 0 Å². The Morgan fingerprint density at radius 2 is 1.43 bits per heavy atom. The fourth-order valence-corrected chi connectivity index (χ4v) is 4.01. The van der Waals surface area contributed by atoms with Crippen molar-refractivity contribution >= 4 is 23.6 Å². The molecule has 2 amide bonds. The molecular weight excluding hydrogens is 468 g/mol. The monoisotopic (exact) mass is 494 g/mol. The summed E-state index contributed by atoms with van der Waals surface area (Å²) in [6, 6.07) is 23.1. The number of aliphatic carboxylic acids is 1. The topological polar surface area (TPSA) is 104 Å². The second-order valence-corrected chi connectivity index (χ2v) is 8.37. The predicted molar refractivity (Wildman–Crippen MR) is 140 cm³/mol. The van der Waals surface area contributed by atoms with Crippen molar-refractivity contribution in [2.45, 2.75) is 13.0 Å². The molecule has 0 atom stereocenters. The van der Waals surface area contributed by atoms with Crippen LogP contribution in [0.3, 0.4) is 0 Å². The highest BCUT2D eigenvalue weighted by Crippen LogP contribution is 2.30. The highest BCUT2D eigenvalue weighted by atomic mass is 16.4. The summed E-state index contributed by atoms with van der Waals surface area (Å²) in [7, 11) is 1.65. The lowest BCUT2D eigenvalue weighted by molar-refractivity contribution is -0.137. The van der Waals surface area contributed by atoms with E-state index in [1.165, 1.54) is 9.80 Å². The summed E-state index contributed by atoms with van der Waals surface area (Å²) in [6.45, 7) is 0.234. The first-order chi connectivity index (χ1) is 18.0. The molecular formula is C29H26N4O4. The number of amides is 2. The van der Waals surface area contributed by atoms with E-state index < -0.39 is 5.97 Å². The lowest BCUT2D eigenvalue weighted by Crippen LogP contribution is -2.33. The number of hydrogen-bond donors (Lipinski definition) is 1. The second kappa shape index (κ2) is 11.7. The van der Waals surface area contributed by atoms with Gasteiger partial charge in [0.15, 0.2) is 0 Å². The first-order valence-corrected chi connectivity index (χ1v) is 11.7.